The summed E-state index contributed by atoms with van der Waals surface area (Å²) in [7, 11) is 0. The maximum atomic E-state index is 5.81. The lowest BCUT2D eigenvalue weighted by molar-refractivity contribution is 0.107. The number of hydrogen-bond acceptors (Lipinski definition) is 4. The van der Waals surface area contributed by atoms with Crippen molar-refractivity contribution in [1.82, 2.24) is 25.2 Å². The Labute approximate surface area is 211 Å². The monoisotopic (exact) mass is 556 g/mol. The van der Waals surface area contributed by atoms with Gasteiger partial charge in [0.2, 0.25) is 0 Å². The summed E-state index contributed by atoms with van der Waals surface area (Å²) >= 11 is 0. The van der Waals surface area contributed by atoms with E-state index in [1.165, 1.54) is 5.56 Å². The van der Waals surface area contributed by atoms with Gasteiger partial charge in [0, 0.05) is 12.7 Å². The van der Waals surface area contributed by atoms with Crippen molar-refractivity contribution in [2.75, 3.05) is 6.54 Å². The van der Waals surface area contributed by atoms with Crippen LogP contribution in [0.3, 0.4) is 0 Å². The summed E-state index contributed by atoms with van der Waals surface area (Å²) in [5, 5.41) is 15.1. The van der Waals surface area contributed by atoms with Crippen LogP contribution in [0, 0.1) is 0 Å². The molecule has 2 heterocycles. The van der Waals surface area contributed by atoms with Gasteiger partial charge >= 0.3 is 0 Å². The van der Waals surface area contributed by atoms with Crippen molar-refractivity contribution in [2.45, 2.75) is 33.2 Å². The SMILES string of the molecule is CCNC(=NCc1ccc(COCc2ccccc2)cc1)NCc1nnc2ccccn12.I. The zero-order valence-electron chi connectivity index (χ0n) is 18.6. The molecule has 2 aromatic heterocycles. The molecule has 0 saturated heterocycles. The van der Waals surface area contributed by atoms with E-state index in [2.05, 4.69) is 57.2 Å². The largest absolute Gasteiger partial charge is 0.372 e. The number of ether oxygens (including phenoxy) is 1. The van der Waals surface area contributed by atoms with Crippen molar-refractivity contribution in [1.29, 1.82) is 0 Å². The molecule has 0 aliphatic heterocycles. The van der Waals surface area contributed by atoms with Crippen molar-refractivity contribution in [3.8, 4) is 0 Å². The molecule has 0 bridgehead atoms. The van der Waals surface area contributed by atoms with Crippen LogP contribution in [0.15, 0.2) is 84.0 Å². The van der Waals surface area contributed by atoms with E-state index < -0.39 is 0 Å². The normalized spacial score (nSPS) is 11.2. The van der Waals surface area contributed by atoms with E-state index in [0.29, 0.717) is 26.3 Å². The Morgan fingerprint density at radius 2 is 1.55 bits per heavy atom. The van der Waals surface area contributed by atoms with Gasteiger partial charge in [-0.2, -0.15) is 0 Å². The van der Waals surface area contributed by atoms with Crippen LogP contribution in [-0.2, 0) is 31.0 Å². The summed E-state index contributed by atoms with van der Waals surface area (Å²) < 4.78 is 7.78. The van der Waals surface area contributed by atoms with E-state index in [9.17, 15) is 0 Å². The lowest BCUT2D eigenvalue weighted by atomic mass is 10.1. The minimum absolute atomic E-state index is 0. The Morgan fingerprint density at radius 3 is 2.30 bits per heavy atom. The van der Waals surface area contributed by atoms with Crippen molar-refractivity contribution >= 4 is 35.6 Å². The van der Waals surface area contributed by atoms with E-state index >= 15 is 0 Å². The van der Waals surface area contributed by atoms with Gasteiger partial charge in [-0.15, -0.1) is 34.2 Å². The molecule has 0 radical (unpaired) electrons. The first kappa shape index (κ1) is 24.7. The van der Waals surface area contributed by atoms with Crippen LogP contribution in [0.25, 0.3) is 5.65 Å². The number of fused-ring (bicyclic) bond motifs is 1. The molecule has 4 aromatic rings. The molecule has 0 aliphatic carbocycles. The zero-order valence-corrected chi connectivity index (χ0v) is 21.0. The minimum Gasteiger partial charge on any atom is -0.372 e. The number of nitrogens with zero attached hydrogens (tertiary/aromatic N) is 4. The number of guanidine groups is 1. The molecule has 0 spiro atoms. The Bertz CT molecular complexity index is 1140. The maximum Gasteiger partial charge on any atom is 0.191 e. The zero-order chi connectivity index (χ0) is 22.0. The third kappa shape index (κ3) is 7.26. The predicted molar refractivity (Wildman–Crippen MR) is 141 cm³/mol. The lowest BCUT2D eigenvalue weighted by Crippen LogP contribution is -2.37. The number of rotatable bonds is 9. The third-order valence-electron chi connectivity index (χ3n) is 4.97. The van der Waals surface area contributed by atoms with Crippen LogP contribution in [0.5, 0.6) is 0 Å². The molecule has 0 aliphatic rings. The lowest BCUT2D eigenvalue weighted by Gasteiger charge is -2.11. The number of halogens is 1. The quantitative estimate of drug-likeness (QED) is 0.183. The Kier molecular flexibility index (Phi) is 9.64. The van der Waals surface area contributed by atoms with Gasteiger partial charge in [0.05, 0.1) is 26.3 Å². The Balaban J connectivity index is 0.00000306. The first-order valence-electron chi connectivity index (χ1n) is 10.8. The van der Waals surface area contributed by atoms with Gasteiger partial charge in [0.15, 0.2) is 17.4 Å². The topological polar surface area (TPSA) is 75.8 Å². The van der Waals surface area contributed by atoms with E-state index in [0.717, 1.165) is 35.1 Å². The average Bonchev–Trinajstić information content (AvgIpc) is 3.25. The average molecular weight is 556 g/mol. The second kappa shape index (κ2) is 12.9. The highest BCUT2D eigenvalue weighted by Gasteiger charge is 2.05. The van der Waals surface area contributed by atoms with Crippen molar-refractivity contribution in [3.05, 3.63) is 102 Å². The molecule has 2 aromatic carbocycles. The minimum atomic E-state index is 0. The van der Waals surface area contributed by atoms with E-state index in [1.54, 1.807) is 0 Å². The number of pyridine rings is 1. The van der Waals surface area contributed by atoms with Crippen LogP contribution >= 0.6 is 24.0 Å². The highest BCUT2D eigenvalue weighted by atomic mass is 127. The van der Waals surface area contributed by atoms with Gasteiger partial charge < -0.3 is 15.4 Å². The van der Waals surface area contributed by atoms with Crippen LogP contribution in [0.1, 0.15) is 29.4 Å². The predicted octanol–water partition coefficient (Wildman–Crippen LogP) is 4.32. The van der Waals surface area contributed by atoms with Crippen LogP contribution in [-0.4, -0.2) is 27.1 Å². The number of aromatic nitrogens is 3. The summed E-state index contributed by atoms with van der Waals surface area (Å²) in [6.45, 7) is 5.16. The van der Waals surface area contributed by atoms with E-state index in [-0.39, 0.29) is 24.0 Å². The molecule has 33 heavy (non-hydrogen) atoms. The third-order valence-corrected chi connectivity index (χ3v) is 4.97. The molecule has 2 N–H and O–H groups in total. The summed E-state index contributed by atoms with van der Waals surface area (Å²) in [5.74, 6) is 1.58. The first-order chi connectivity index (χ1) is 15.8. The van der Waals surface area contributed by atoms with Gasteiger partial charge in [-0.05, 0) is 35.7 Å². The Morgan fingerprint density at radius 1 is 0.848 bits per heavy atom. The van der Waals surface area contributed by atoms with Gasteiger partial charge in [-0.3, -0.25) is 4.40 Å². The summed E-state index contributed by atoms with van der Waals surface area (Å²) in [6, 6.07) is 24.5. The molecule has 0 atom stereocenters. The van der Waals surface area contributed by atoms with Crippen molar-refractivity contribution in [2.24, 2.45) is 4.99 Å². The number of nitrogens with one attached hydrogen (secondary N) is 2. The summed E-state index contributed by atoms with van der Waals surface area (Å²) in [5.41, 5.74) is 4.31. The van der Waals surface area contributed by atoms with Crippen molar-refractivity contribution < 1.29 is 4.74 Å². The molecular formula is C25H29IN6O. The molecule has 0 fully saturated rings. The van der Waals surface area contributed by atoms with E-state index in [4.69, 9.17) is 9.73 Å². The smallest absolute Gasteiger partial charge is 0.191 e. The van der Waals surface area contributed by atoms with Crippen molar-refractivity contribution in [3.63, 3.8) is 0 Å². The summed E-state index contributed by atoms with van der Waals surface area (Å²) in [6.07, 6.45) is 1.96. The second-order valence-electron chi connectivity index (χ2n) is 7.39. The highest BCUT2D eigenvalue weighted by molar-refractivity contribution is 14.0. The molecular weight excluding hydrogens is 527 g/mol. The van der Waals surface area contributed by atoms with Gasteiger partial charge in [0.1, 0.15) is 0 Å². The maximum absolute atomic E-state index is 5.81. The first-order valence-corrected chi connectivity index (χ1v) is 10.8. The number of benzene rings is 2. The van der Waals surface area contributed by atoms with Crippen LogP contribution < -0.4 is 10.6 Å². The molecule has 172 valence electrons. The standard InChI is InChI=1S/C25H28N6O.HI/c1-2-26-25(28-17-24-30-29-23-10-6-7-15-31(23)24)27-16-20-11-13-22(14-12-20)19-32-18-21-8-4-3-5-9-21;/h3-15H,2,16-19H2,1H3,(H2,26,27,28);1H. The molecule has 7 nitrogen and oxygen atoms in total. The molecule has 0 saturated carbocycles. The second-order valence-corrected chi connectivity index (χ2v) is 7.39. The molecule has 0 amide bonds. The van der Waals surface area contributed by atoms with Crippen LogP contribution in [0.4, 0.5) is 0 Å². The molecule has 8 heteroatoms. The number of aliphatic imine (C=N–C) groups is 1. The van der Waals surface area contributed by atoms with Gasteiger partial charge in [0.25, 0.3) is 0 Å². The summed E-state index contributed by atoms with van der Waals surface area (Å²) in [4.78, 5) is 4.70. The number of hydrogen-bond donors (Lipinski definition) is 2. The molecule has 4 rings (SSSR count). The molecule has 0 unspecified atom stereocenters. The van der Waals surface area contributed by atoms with Gasteiger partial charge in [-0.25, -0.2) is 4.99 Å². The van der Waals surface area contributed by atoms with Gasteiger partial charge in [-0.1, -0.05) is 60.7 Å². The van der Waals surface area contributed by atoms with Crippen LogP contribution in [0.2, 0.25) is 0 Å². The fourth-order valence-corrected chi connectivity index (χ4v) is 3.29. The fourth-order valence-electron chi connectivity index (χ4n) is 3.29. The fraction of sp³-hybridized carbons (Fsp3) is 0.240. The highest BCUT2D eigenvalue weighted by Crippen LogP contribution is 2.09. The Hall–Kier alpha value is -2.98. The van der Waals surface area contributed by atoms with E-state index in [1.807, 2.05) is 53.9 Å².